The molecule has 6 heteroatoms. The average molecular weight is 387 g/mol. The van der Waals surface area contributed by atoms with Crippen molar-refractivity contribution in [2.45, 2.75) is 33.2 Å². The van der Waals surface area contributed by atoms with Crippen LogP contribution in [0.1, 0.15) is 32.8 Å². The molecule has 0 spiro atoms. The number of aliphatic imine (C=N–C) groups is 1. The van der Waals surface area contributed by atoms with E-state index in [0.717, 1.165) is 24.3 Å². The summed E-state index contributed by atoms with van der Waals surface area (Å²) in [7, 11) is 0. The highest BCUT2D eigenvalue weighted by atomic mass is 35.5. The smallest absolute Gasteiger partial charge is 0.330 e. The average Bonchev–Trinajstić information content (AvgIpc) is 2.59. The van der Waals surface area contributed by atoms with Crippen molar-refractivity contribution in [3.63, 3.8) is 0 Å². The van der Waals surface area contributed by atoms with E-state index in [4.69, 9.17) is 27.9 Å². The molecule has 0 aliphatic carbocycles. The summed E-state index contributed by atoms with van der Waals surface area (Å²) in [5.74, 6) is 1.21. The maximum absolute atomic E-state index is 12.0. The molecule has 0 bridgehead atoms. The van der Waals surface area contributed by atoms with Gasteiger partial charge in [0.2, 0.25) is 0 Å². The van der Waals surface area contributed by atoms with Crippen LogP contribution in [-0.4, -0.2) is 49.7 Å². The fourth-order valence-corrected chi connectivity index (χ4v) is 2.83. The van der Waals surface area contributed by atoms with Crippen molar-refractivity contribution in [2.75, 3.05) is 36.4 Å². The lowest BCUT2D eigenvalue weighted by atomic mass is 10.0. The van der Waals surface area contributed by atoms with E-state index in [1.165, 1.54) is 0 Å². The number of rotatable bonds is 11. The Morgan fingerprint density at radius 1 is 1.20 bits per heavy atom. The molecule has 0 radical (unpaired) electrons. The number of carbonyl (C=O) groups is 1. The molecule has 0 N–H and O–H groups in total. The van der Waals surface area contributed by atoms with Gasteiger partial charge in [0.1, 0.15) is 6.04 Å². The quantitative estimate of drug-likeness (QED) is 0.322. The Bertz CT molecular complexity index is 527. The molecule has 25 heavy (non-hydrogen) atoms. The molecule has 0 saturated carbocycles. The second-order valence-electron chi connectivity index (χ2n) is 6.13. The predicted octanol–water partition coefficient (Wildman–Crippen LogP) is 4.37. The van der Waals surface area contributed by atoms with Gasteiger partial charge in [-0.15, -0.1) is 23.2 Å². The zero-order valence-corrected chi connectivity index (χ0v) is 16.8. The fourth-order valence-electron chi connectivity index (χ4n) is 2.42. The van der Waals surface area contributed by atoms with Crippen molar-refractivity contribution >= 4 is 41.1 Å². The van der Waals surface area contributed by atoms with E-state index >= 15 is 0 Å². The van der Waals surface area contributed by atoms with Crippen LogP contribution in [0.3, 0.4) is 0 Å². The predicted molar refractivity (Wildman–Crippen MR) is 108 cm³/mol. The van der Waals surface area contributed by atoms with Crippen molar-refractivity contribution in [2.24, 2.45) is 10.9 Å². The Hall–Kier alpha value is -1.26. The summed E-state index contributed by atoms with van der Waals surface area (Å²) in [4.78, 5) is 18.6. The maximum atomic E-state index is 12.0. The first-order valence-corrected chi connectivity index (χ1v) is 9.75. The third-order valence-electron chi connectivity index (χ3n) is 3.62. The third kappa shape index (κ3) is 8.10. The maximum Gasteiger partial charge on any atom is 0.330 e. The molecule has 1 aromatic carbocycles. The lowest BCUT2D eigenvalue weighted by Gasteiger charge is -2.22. The lowest BCUT2D eigenvalue weighted by molar-refractivity contribution is -0.144. The van der Waals surface area contributed by atoms with Crippen molar-refractivity contribution in [3.8, 4) is 0 Å². The van der Waals surface area contributed by atoms with E-state index in [1.54, 1.807) is 13.1 Å². The number of ether oxygens (including phenoxy) is 1. The molecule has 0 aromatic heterocycles. The van der Waals surface area contributed by atoms with Gasteiger partial charge in [-0.2, -0.15) is 0 Å². The Kier molecular flexibility index (Phi) is 10.6. The summed E-state index contributed by atoms with van der Waals surface area (Å²) < 4.78 is 5.11. The van der Waals surface area contributed by atoms with Crippen LogP contribution in [0.15, 0.2) is 29.3 Å². The molecule has 0 fully saturated rings. The second-order valence-corrected chi connectivity index (χ2v) is 6.89. The summed E-state index contributed by atoms with van der Waals surface area (Å²) in [6.45, 7) is 7.81. The fraction of sp³-hybridized carbons (Fsp3) is 0.579. The van der Waals surface area contributed by atoms with E-state index in [-0.39, 0.29) is 5.97 Å². The normalized spacial score (nSPS) is 12.6. The van der Waals surface area contributed by atoms with Crippen LogP contribution in [0, 0.1) is 5.92 Å². The van der Waals surface area contributed by atoms with Gasteiger partial charge in [-0.25, -0.2) is 4.79 Å². The van der Waals surface area contributed by atoms with Gasteiger partial charge in [0.05, 0.1) is 6.61 Å². The standard InChI is InChI=1S/C19H28Cl2N2O2/c1-4-25-19(24)18(13-15(2)3)22-14-16-5-7-17(8-6-16)23(11-9-20)12-10-21/h5-8,14-15,18H,4,9-13H2,1-3H3. The molecule has 4 nitrogen and oxygen atoms in total. The topological polar surface area (TPSA) is 41.9 Å². The highest BCUT2D eigenvalue weighted by molar-refractivity contribution is 6.18. The van der Waals surface area contributed by atoms with Gasteiger partial charge in [0.15, 0.2) is 0 Å². The van der Waals surface area contributed by atoms with Gasteiger partial charge in [-0.05, 0) is 37.0 Å². The Balaban J connectivity index is 2.82. The number of hydrogen-bond acceptors (Lipinski definition) is 4. The molecule has 1 unspecified atom stereocenters. The van der Waals surface area contributed by atoms with E-state index in [1.807, 2.05) is 24.3 Å². The van der Waals surface area contributed by atoms with Gasteiger partial charge < -0.3 is 9.64 Å². The molecule has 0 aliphatic heterocycles. The third-order valence-corrected chi connectivity index (χ3v) is 3.96. The number of anilines is 1. The number of carbonyl (C=O) groups excluding carboxylic acids is 1. The monoisotopic (exact) mass is 386 g/mol. The van der Waals surface area contributed by atoms with Crippen molar-refractivity contribution in [3.05, 3.63) is 29.8 Å². The highest BCUT2D eigenvalue weighted by Crippen LogP contribution is 2.16. The Morgan fingerprint density at radius 3 is 2.28 bits per heavy atom. The van der Waals surface area contributed by atoms with Crippen molar-refractivity contribution in [1.82, 2.24) is 0 Å². The minimum absolute atomic E-state index is 0.264. The van der Waals surface area contributed by atoms with Gasteiger partial charge in [0.25, 0.3) is 0 Å². The minimum Gasteiger partial charge on any atom is -0.464 e. The van der Waals surface area contributed by atoms with Crippen LogP contribution >= 0.6 is 23.2 Å². The first-order chi connectivity index (χ1) is 12.0. The summed E-state index contributed by atoms with van der Waals surface area (Å²) in [5.41, 5.74) is 2.01. The highest BCUT2D eigenvalue weighted by Gasteiger charge is 2.19. The molecule has 1 aromatic rings. The van der Waals surface area contributed by atoms with E-state index in [0.29, 0.717) is 30.7 Å². The van der Waals surface area contributed by atoms with Crippen LogP contribution in [0.4, 0.5) is 5.69 Å². The van der Waals surface area contributed by atoms with Crippen LogP contribution < -0.4 is 4.90 Å². The molecule has 1 rings (SSSR count). The summed E-state index contributed by atoms with van der Waals surface area (Å²) in [5, 5.41) is 0. The second kappa shape index (κ2) is 12.2. The number of alkyl halides is 2. The molecule has 0 heterocycles. The van der Waals surface area contributed by atoms with Crippen LogP contribution in [0.5, 0.6) is 0 Å². The minimum atomic E-state index is -0.455. The van der Waals surface area contributed by atoms with Gasteiger partial charge in [0, 0.05) is 36.8 Å². The number of halogens is 2. The van der Waals surface area contributed by atoms with Crippen molar-refractivity contribution < 1.29 is 9.53 Å². The molecule has 0 saturated heterocycles. The number of nitrogens with zero attached hydrogens (tertiary/aromatic N) is 2. The number of hydrogen-bond donors (Lipinski definition) is 0. The number of benzene rings is 1. The van der Waals surface area contributed by atoms with Crippen LogP contribution in [-0.2, 0) is 9.53 Å². The van der Waals surface area contributed by atoms with Crippen LogP contribution in [0.25, 0.3) is 0 Å². The summed E-state index contributed by atoms with van der Waals surface area (Å²) >= 11 is 11.7. The summed E-state index contributed by atoms with van der Waals surface area (Å²) in [6.07, 6.45) is 2.41. The largest absolute Gasteiger partial charge is 0.464 e. The Labute approximate surface area is 161 Å². The summed E-state index contributed by atoms with van der Waals surface area (Å²) in [6, 6.07) is 7.53. The van der Waals surface area contributed by atoms with E-state index < -0.39 is 6.04 Å². The van der Waals surface area contributed by atoms with Gasteiger partial charge in [-0.3, -0.25) is 4.99 Å². The van der Waals surface area contributed by atoms with E-state index in [2.05, 4.69) is 23.7 Å². The zero-order valence-electron chi connectivity index (χ0n) is 15.3. The SMILES string of the molecule is CCOC(=O)C(CC(C)C)N=Cc1ccc(N(CCCl)CCCl)cc1. The molecule has 0 amide bonds. The van der Waals surface area contributed by atoms with Crippen LogP contribution in [0.2, 0.25) is 0 Å². The van der Waals surface area contributed by atoms with Gasteiger partial charge in [-0.1, -0.05) is 26.0 Å². The van der Waals surface area contributed by atoms with E-state index in [9.17, 15) is 4.79 Å². The van der Waals surface area contributed by atoms with Gasteiger partial charge >= 0.3 is 5.97 Å². The molecule has 0 aliphatic rings. The first kappa shape index (κ1) is 21.8. The molecular weight excluding hydrogens is 359 g/mol. The lowest BCUT2D eigenvalue weighted by Crippen LogP contribution is -2.27. The molecule has 1 atom stereocenters. The molecule has 140 valence electrons. The Morgan fingerprint density at radius 2 is 1.80 bits per heavy atom. The first-order valence-electron chi connectivity index (χ1n) is 8.68. The van der Waals surface area contributed by atoms with Crippen molar-refractivity contribution in [1.29, 1.82) is 0 Å². The molecular formula is C19H28Cl2N2O2. The zero-order chi connectivity index (χ0) is 18.7. The number of esters is 1.